The first-order valence-corrected chi connectivity index (χ1v) is 4.92. The standard InChI is InChI=1S/C9H17F3N2/c1-7-6-14(8(2)5-13-7)4-3-9(10,11)12/h7-8,13H,3-6H2,1-2H3/t7-,8+/m0/s1. The van der Waals surface area contributed by atoms with E-state index in [1.54, 1.807) is 0 Å². The largest absolute Gasteiger partial charge is 0.390 e. The van der Waals surface area contributed by atoms with E-state index in [2.05, 4.69) is 5.32 Å². The lowest BCUT2D eigenvalue weighted by atomic mass is 10.1. The second-order valence-corrected chi connectivity index (χ2v) is 4.02. The molecular weight excluding hydrogens is 193 g/mol. The van der Waals surface area contributed by atoms with E-state index >= 15 is 0 Å². The summed E-state index contributed by atoms with van der Waals surface area (Å²) in [6.45, 7) is 5.55. The first-order chi connectivity index (χ1) is 6.38. The summed E-state index contributed by atoms with van der Waals surface area (Å²) < 4.78 is 36.0. The zero-order valence-corrected chi connectivity index (χ0v) is 8.56. The second kappa shape index (κ2) is 4.49. The van der Waals surface area contributed by atoms with Crippen molar-refractivity contribution in [2.45, 2.75) is 38.5 Å². The molecule has 1 saturated heterocycles. The highest BCUT2D eigenvalue weighted by atomic mass is 19.4. The van der Waals surface area contributed by atoms with Gasteiger partial charge in [0, 0.05) is 31.7 Å². The van der Waals surface area contributed by atoms with Crippen LogP contribution in [0.2, 0.25) is 0 Å². The molecule has 1 fully saturated rings. The topological polar surface area (TPSA) is 15.3 Å². The van der Waals surface area contributed by atoms with Crippen LogP contribution in [-0.2, 0) is 0 Å². The molecule has 84 valence electrons. The summed E-state index contributed by atoms with van der Waals surface area (Å²) >= 11 is 0. The van der Waals surface area contributed by atoms with Crippen molar-refractivity contribution in [1.82, 2.24) is 10.2 Å². The molecule has 0 saturated carbocycles. The predicted octanol–water partition coefficient (Wildman–Crippen LogP) is 1.62. The van der Waals surface area contributed by atoms with Gasteiger partial charge >= 0.3 is 6.18 Å². The Balaban J connectivity index is 2.35. The maximum atomic E-state index is 12.0. The average molecular weight is 210 g/mol. The number of halogens is 3. The molecule has 1 aliphatic rings. The van der Waals surface area contributed by atoms with E-state index in [1.165, 1.54) is 0 Å². The Labute approximate surface area is 82.5 Å². The summed E-state index contributed by atoms with van der Waals surface area (Å²) in [6.07, 6.45) is -4.74. The van der Waals surface area contributed by atoms with Crippen molar-refractivity contribution in [3.63, 3.8) is 0 Å². The molecule has 0 amide bonds. The number of nitrogens with zero attached hydrogens (tertiary/aromatic N) is 1. The van der Waals surface area contributed by atoms with Gasteiger partial charge in [0.25, 0.3) is 0 Å². The molecule has 1 N–H and O–H groups in total. The fraction of sp³-hybridized carbons (Fsp3) is 1.00. The Hall–Kier alpha value is -0.290. The average Bonchev–Trinajstić information content (AvgIpc) is 2.05. The molecule has 0 radical (unpaired) electrons. The van der Waals surface area contributed by atoms with Gasteiger partial charge in [0.15, 0.2) is 0 Å². The maximum absolute atomic E-state index is 12.0. The summed E-state index contributed by atoms with van der Waals surface area (Å²) in [5, 5.41) is 3.24. The summed E-state index contributed by atoms with van der Waals surface area (Å²) in [7, 11) is 0. The van der Waals surface area contributed by atoms with Crippen molar-refractivity contribution in [3.8, 4) is 0 Å². The molecule has 0 aromatic rings. The number of hydrogen-bond acceptors (Lipinski definition) is 2. The molecule has 0 aliphatic carbocycles. The number of piperazine rings is 1. The lowest BCUT2D eigenvalue weighted by Crippen LogP contribution is -2.54. The van der Waals surface area contributed by atoms with E-state index in [1.807, 2.05) is 18.7 Å². The lowest BCUT2D eigenvalue weighted by Gasteiger charge is -2.37. The van der Waals surface area contributed by atoms with E-state index in [4.69, 9.17) is 0 Å². The van der Waals surface area contributed by atoms with Gasteiger partial charge in [-0.05, 0) is 13.8 Å². The monoisotopic (exact) mass is 210 g/mol. The minimum atomic E-state index is -4.03. The number of rotatable bonds is 2. The van der Waals surface area contributed by atoms with Crippen LogP contribution in [0.3, 0.4) is 0 Å². The van der Waals surface area contributed by atoms with Crippen LogP contribution < -0.4 is 5.32 Å². The summed E-state index contributed by atoms with van der Waals surface area (Å²) in [5.41, 5.74) is 0. The molecule has 2 nitrogen and oxygen atoms in total. The van der Waals surface area contributed by atoms with Gasteiger partial charge in [-0.3, -0.25) is 4.90 Å². The van der Waals surface area contributed by atoms with E-state index in [-0.39, 0.29) is 12.6 Å². The van der Waals surface area contributed by atoms with Crippen molar-refractivity contribution in [3.05, 3.63) is 0 Å². The van der Waals surface area contributed by atoms with Crippen molar-refractivity contribution >= 4 is 0 Å². The van der Waals surface area contributed by atoms with Crippen molar-refractivity contribution < 1.29 is 13.2 Å². The number of hydrogen-bond donors (Lipinski definition) is 1. The molecule has 0 bridgehead atoms. The van der Waals surface area contributed by atoms with Crippen LogP contribution in [0.15, 0.2) is 0 Å². The Morgan fingerprint density at radius 1 is 1.36 bits per heavy atom. The fourth-order valence-electron chi connectivity index (χ4n) is 1.68. The number of nitrogens with one attached hydrogen (secondary N) is 1. The zero-order chi connectivity index (χ0) is 10.8. The third-order valence-electron chi connectivity index (χ3n) is 2.58. The van der Waals surface area contributed by atoms with E-state index < -0.39 is 12.6 Å². The Bertz CT molecular complexity index is 181. The normalized spacial score (nSPS) is 30.6. The molecule has 1 aliphatic heterocycles. The van der Waals surface area contributed by atoms with Gasteiger partial charge in [-0.15, -0.1) is 0 Å². The smallest absolute Gasteiger partial charge is 0.311 e. The highest BCUT2D eigenvalue weighted by molar-refractivity contribution is 4.81. The van der Waals surface area contributed by atoms with Crippen molar-refractivity contribution in [2.24, 2.45) is 0 Å². The Kier molecular flexibility index (Phi) is 3.78. The van der Waals surface area contributed by atoms with Gasteiger partial charge in [-0.1, -0.05) is 0 Å². The minimum Gasteiger partial charge on any atom is -0.311 e. The first-order valence-electron chi connectivity index (χ1n) is 4.92. The highest BCUT2D eigenvalue weighted by Crippen LogP contribution is 2.21. The van der Waals surface area contributed by atoms with Gasteiger partial charge in [0.05, 0.1) is 6.42 Å². The third kappa shape index (κ3) is 3.84. The quantitative estimate of drug-likeness (QED) is 0.745. The van der Waals surface area contributed by atoms with Gasteiger partial charge in [0.2, 0.25) is 0 Å². The molecule has 2 atom stereocenters. The van der Waals surface area contributed by atoms with E-state index in [0.29, 0.717) is 12.6 Å². The van der Waals surface area contributed by atoms with Crippen LogP contribution in [0.5, 0.6) is 0 Å². The van der Waals surface area contributed by atoms with E-state index in [0.717, 1.165) is 6.54 Å². The van der Waals surface area contributed by atoms with Gasteiger partial charge in [-0.25, -0.2) is 0 Å². The fourth-order valence-corrected chi connectivity index (χ4v) is 1.68. The molecule has 5 heteroatoms. The second-order valence-electron chi connectivity index (χ2n) is 4.02. The van der Waals surface area contributed by atoms with Crippen LogP contribution in [0.4, 0.5) is 13.2 Å². The first kappa shape index (κ1) is 11.8. The van der Waals surface area contributed by atoms with Crippen LogP contribution in [-0.4, -0.2) is 42.8 Å². The van der Waals surface area contributed by atoms with Gasteiger partial charge in [0.1, 0.15) is 0 Å². The molecule has 1 heterocycles. The lowest BCUT2D eigenvalue weighted by molar-refractivity contribution is -0.139. The van der Waals surface area contributed by atoms with Crippen LogP contribution in [0.1, 0.15) is 20.3 Å². The van der Waals surface area contributed by atoms with Crippen LogP contribution in [0, 0.1) is 0 Å². The predicted molar refractivity (Wildman–Crippen MR) is 49.2 cm³/mol. The molecule has 0 unspecified atom stereocenters. The third-order valence-corrected chi connectivity index (χ3v) is 2.58. The van der Waals surface area contributed by atoms with Crippen molar-refractivity contribution in [1.29, 1.82) is 0 Å². The zero-order valence-electron chi connectivity index (χ0n) is 8.56. The van der Waals surface area contributed by atoms with Gasteiger partial charge in [-0.2, -0.15) is 13.2 Å². The van der Waals surface area contributed by atoms with Gasteiger partial charge < -0.3 is 5.32 Å². The molecule has 14 heavy (non-hydrogen) atoms. The Morgan fingerprint density at radius 3 is 2.57 bits per heavy atom. The van der Waals surface area contributed by atoms with E-state index in [9.17, 15) is 13.2 Å². The molecule has 0 spiro atoms. The summed E-state index contributed by atoms with van der Waals surface area (Å²) in [5.74, 6) is 0. The molecule has 0 aromatic heterocycles. The maximum Gasteiger partial charge on any atom is 0.390 e. The van der Waals surface area contributed by atoms with Crippen LogP contribution in [0.25, 0.3) is 0 Å². The minimum absolute atomic E-state index is 0.122. The SMILES string of the molecule is C[C@@H]1CN[C@@H](C)CN1CCC(F)(F)F. The summed E-state index contributed by atoms with van der Waals surface area (Å²) in [6, 6.07) is 0.494. The summed E-state index contributed by atoms with van der Waals surface area (Å²) in [4.78, 5) is 1.90. The number of alkyl halides is 3. The molecule has 1 rings (SSSR count). The highest BCUT2D eigenvalue weighted by Gasteiger charge is 2.30. The molecule has 0 aromatic carbocycles. The van der Waals surface area contributed by atoms with Crippen LogP contribution >= 0.6 is 0 Å². The Morgan fingerprint density at radius 2 is 2.00 bits per heavy atom. The van der Waals surface area contributed by atoms with Crippen molar-refractivity contribution in [2.75, 3.05) is 19.6 Å². The molecular formula is C9H17F3N2.